The number of pyridine rings is 2. The Morgan fingerprint density at radius 2 is 1.77 bits per heavy atom. The quantitative estimate of drug-likeness (QED) is 0.432. The molecule has 2 aromatic heterocycles. The lowest BCUT2D eigenvalue weighted by atomic mass is 10.0. The van der Waals surface area contributed by atoms with Crippen molar-refractivity contribution in [3.05, 3.63) is 65.5 Å². The summed E-state index contributed by atoms with van der Waals surface area (Å²) in [6.07, 6.45) is -5.03. The molecule has 1 aromatic carbocycles. The standard InChI is InChI=1S/C22H20F4N4O4S/c1-13-14(5-3-6-16(13)23)21-15(22(24,25)26)9-10-17(27-21)29-35(33,34)19-8-4-7-18(28-19)30(2)12-11-20(31)32/h3-10H,11-12H2,1-2H3,(H,27,29)(H,31,32). The van der Waals surface area contributed by atoms with Gasteiger partial charge in [0.15, 0.2) is 5.03 Å². The number of aromatic nitrogens is 2. The third-order valence-corrected chi connectivity index (χ3v) is 6.25. The van der Waals surface area contributed by atoms with Gasteiger partial charge in [-0.1, -0.05) is 18.2 Å². The lowest BCUT2D eigenvalue weighted by Crippen LogP contribution is -2.23. The number of alkyl halides is 3. The largest absolute Gasteiger partial charge is 0.481 e. The molecule has 3 aromatic rings. The van der Waals surface area contributed by atoms with E-state index in [0.29, 0.717) is 6.07 Å². The molecule has 0 saturated carbocycles. The summed E-state index contributed by atoms with van der Waals surface area (Å²) in [5, 5.41) is 8.36. The number of anilines is 2. The minimum absolute atomic E-state index is 0.0655. The topological polar surface area (TPSA) is 112 Å². The first-order valence-electron chi connectivity index (χ1n) is 10.1. The highest BCUT2D eigenvalue weighted by atomic mass is 32.2. The van der Waals surface area contributed by atoms with E-state index in [1.54, 1.807) is 0 Å². The second kappa shape index (κ2) is 9.86. The van der Waals surface area contributed by atoms with E-state index in [2.05, 4.69) is 14.7 Å². The third-order valence-electron chi connectivity index (χ3n) is 5.00. The summed E-state index contributed by atoms with van der Waals surface area (Å²) in [5.41, 5.74) is -2.01. The van der Waals surface area contributed by atoms with E-state index in [-0.39, 0.29) is 29.9 Å². The maximum Gasteiger partial charge on any atom is 0.418 e. The Balaban J connectivity index is 1.99. The van der Waals surface area contributed by atoms with Crippen LogP contribution < -0.4 is 9.62 Å². The molecule has 0 unspecified atom stereocenters. The van der Waals surface area contributed by atoms with Crippen molar-refractivity contribution in [3.63, 3.8) is 0 Å². The lowest BCUT2D eigenvalue weighted by Gasteiger charge is -2.18. The van der Waals surface area contributed by atoms with Crippen molar-refractivity contribution >= 4 is 27.6 Å². The molecule has 0 aliphatic carbocycles. The van der Waals surface area contributed by atoms with E-state index < -0.39 is 50.1 Å². The fourth-order valence-electron chi connectivity index (χ4n) is 3.15. The highest BCUT2D eigenvalue weighted by Gasteiger charge is 2.35. The van der Waals surface area contributed by atoms with Crippen LogP contribution in [0.1, 0.15) is 17.5 Å². The molecule has 0 atom stereocenters. The summed E-state index contributed by atoms with van der Waals surface area (Å²) in [7, 11) is -2.86. The summed E-state index contributed by atoms with van der Waals surface area (Å²) in [6, 6.07) is 9.11. The normalized spacial score (nSPS) is 11.8. The molecule has 0 radical (unpaired) electrons. The Morgan fingerprint density at radius 3 is 2.43 bits per heavy atom. The van der Waals surface area contributed by atoms with Gasteiger partial charge in [0, 0.05) is 19.2 Å². The number of benzene rings is 1. The molecule has 0 amide bonds. The summed E-state index contributed by atoms with van der Waals surface area (Å²) >= 11 is 0. The molecule has 186 valence electrons. The van der Waals surface area contributed by atoms with Crippen molar-refractivity contribution in [3.8, 4) is 11.3 Å². The van der Waals surface area contributed by atoms with E-state index in [1.165, 1.54) is 49.2 Å². The van der Waals surface area contributed by atoms with Crippen LogP contribution in [-0.4, -0.2) is 43.1 Å². The molecule has 2 N–H and O–H groups in total. The van der Waals surface area contributed by atoms with Gasteiger partial charge < -0.3 is 10.0 Å². The van der Waals surface area contributed by atoms with Gasteiger partial charge >= 0.3 is 12.1 Å². The predicted molar refractivity (Wildman–Crippen MR) is 120 cm³/mol. The number of rotatable bonds is 8. The van der Waals surface area contributed by atoms with Crippen molar-refractivity contribution < 1.29 is 35.9 Å². The average Bonchev–Trinajstić information content (AvgIpc) is 2.78. The van der Waals surface area contributed by atoms with Gasteiger partial charge in [0.2, 0.25) is 0 Å². The fraction of sp³-hybridized carbons (Fsp3) is 0.227. The van der Waals surface area contributed by atoms with Gasteiger partial charge in [0.05, 0.1) is 17.7 Å². The molecule has 35 heavy (non-hydrogen) atoms. The van der Waals surface area contributed by atoms with Crippen LogP contribution in [-0.2, 0) is 21.0 Å². The molecular formula is C22H20F4N4O4S. The highest BCUT2D eigenvalue weighted by Crippen LogP contribution is 2.38. The van der Waals surface area contributed by atoms with E-state index >= 15 is 0 Å². The lowest BCUT2D eigenvalue weighted by molar-refractivity contribution is -0.138. The van der Waals surface area contributed by atoms with Crippen molar-refractivity contribution in [2.24, 2.45) is 0 Å². The molecule has 8 nitrogen and oxygen atoms in total. The van der Waals surface area contributed by atoms with Crippen molar-refractivity contribution in [2.75, 3.05) is 23.2 Å². The van der Waals surface area contributed by atoms with E-state index in [4.69, 9.17) is 5.11 Å². The summed E-state index contributed by atoms with van der Waals surface area (Å²) in [5.74, 6) is -2.04. The van der Waals surface area contributed by atoms with E-state index in [9.17, 15) is 30.8 Å². The van der Waals surface area contributed by atoms with Crippen molar-refractivity contribution in [1.82, 2.24) is 9.97 Å². The van der Waals surface area contributed by atoms with Crippen LogP contribution in [0.5, 0.6) is 0 Å². The van der Waals surface area contributed by atoms with Gasteiger partial charge in [-0.15, -0.1) is 0 Å². The number of sulfonamides is 1. The molecular weight excluding hydrogens is 492 g/mol. The maximum absolute atomic E-state index is 14.0. The van der Waals surface area contributed by atoms with Gasteiger partial charge in [-0.3, -0.25) is 9.52 Å². The first-order valence-corrected chi connectivity index (χ1v) is 11.5. The SMILES string of the molecule is Cc1c(F)cccc1-c1nc(NS(=O)(=O)c2cccc(N(C)CCC(=O)O)n2)ccc1C(F)(F)F. The minimum atomic E-state index is -4.82. The van der Waals surface area contributed by atoms with Crippen LogP contribution in [0.4, 0.5) is 29.2 Å². The summed E-state index contributed by atoms with van der Waals surface area (Å²) in [4.78, 5) is 20.1. The molecule has 2 heterocycles. The monoisotopic (exact) mass is 512 g/mol. The van der Waals surface area contributed by atoms with Gasteiger partial charge in [0.25, 0.3) is 10.0 Å². The number of halogens is 4. The van der Waals surface area contributed by atoms with Gasteiger partial charge in [0.1, 0.15) is 17.5 Å². The Hall–Kier alpha value is -3.74. The van der Waals surface area contributed by atoms with Crippen molar-refractivity contribution in [1.29, 1.82) is 0 Å². The molecule has 0 aliphatic heterocycles. The number of carboxylic acids is 1. The zero-order valence-corrected chi connectivity index (χ0v) is 19.3. The zero-order valence-electron chi connectivity index (χ0n) is 18.5. The Bertz CT molecular complexity index is 1360. The van der Waals surface area contributed by atoms with Crippen LogP contribution >= 0.6 is 0 Å². The van der Waals surface area contributed by atoms with E-state index in [0.717, 1.165) is 12.1 Å². The number of nitrogens with zero attached hydrogens (tertiary/aromatic N) is 3. The molecule has 13 heteroatoms. The summed E-state index contributed by atoms with van der Waals surface area (Å²) < 4.78 is 82.7. The Labute approximate surface area is 198 Å². The fourth-order valence-corrected chi connectivity index (χ4v) is 4.11. The van der Waals surface area contributed by atoms with E-state index in [1.807, 2.05) is 0 Å². The molecule has 0 spiro atoms. The zero-order chi connectivity index (χ0) is 26.0. The Morgan fingerprint density at radius 1 is 1.09 bits per heavy atom. The second-order valence-electron chi connectivity index (χ2n) is 7.51. The van der Waals surface area contributed by atoms with Gasteiger partial charge in [-0.2, -0.15) is 21.6 Å². The molecule has 3 rings (SSSR count). The first-order chi connectivity index (χ1) is 16.3. The van der Waals surface area contributed by atoms with Gasteiger partial charge in [-0.25, -0.2) is 14.4 Å². The van der Waals surface area contributed by atoms with Crippen LogP contribution in [0.2, 0.25) is 0 Å². The smallest absolute Gasteiger partial charge is 0.418 e. The number of carbonyl (C=O) groups is 1. The van der Waals surface area contributed by atoms with Crippen LogP contribution in [0.3, 0.4) is 0 Å². The van der Waals surface area contributed by atoms with Gasteiger partial charge in [-0.05, 0) is 42.8 Å². The molecule has 0 fully saturated rings. The molecule has 0 bridgehead atoms. The third kappa shape index (κ3) is 6.04. The highest BCUT2D eigenvalue weighted by molar-refractivity contribution is 7.92. The average molecular weight is 512 g/mol. The number of nitrogens with one attached hydrogen (secondary N) is 1. The van der Waals surface area contributed by atoms with Crippen LogP contribution in [0.25, 0.3) is 11.3 Å². The number of hydrogen-bond acceptors (Lipinski definition) is 6. The number of carboxylic acid groups (broad SMARTS) is 1. The molecule has 0 saturated heterocycles. The molecule has 0 aliphatic rings. The predicted octanol–water partition coefficient (Wildman–Crippen LogP) is 4.32. The number of aliphatic carboxylic acids is 1. The summed E-state index contributed by atoms with van der Waals surface area (Å²) in [6.45, 7) is 1.36. The minimum Gasteiger partial charge on any atom is -0.481 e. The maximum atomic E-state index is 14.0. The van der Waals surface area contributed by atoms with Crippen molar-refractivity contribution in [2.45, 2.75) is 24.5 Å². The van der Waals surface area contributed by atoms with Crippen LogP contribution in [0, 0.1) is 12.7 Å². The van der Waals surface area contributed by atoms with Crippen LogP contribution in [0.15, 0.2) is 53.6 Å². The Kier molecular flexibility index (Phi) is 7.29. The number of hydrogen-bond donors (Lipinski definition) is 2. The first kappa shape index (κ1) is 25.9. The second-order valence-corrected chi connectivity index (χ2v) is 9.14.